The molecule has 0 saturated carbocycles. The first kappa shape index (κ1) is 29.2. The molecular formula is CH11BaN2NaO7. The Bertz CT molecular complexity index is 70.2. The van der Waals surface area contributed by atoms with Gasteiger partial charge in [-0.05, 0) is 10.1 Å². The van der Waals surface area contributed by atoms with E-state index >= 15 is 0 Å². The Hall–Kier alpha value is 1.60. The molecule has 0 radical (unpaired) electrons. The summed E-state index contributed by atoms with van der Waals surface area (Å²) in [5.41, 5.74) is 8.50. The SMILES string of the molecule is NC(N)=O.OO.OOOO.[Ba+2].[H-].[H-].[H-].[Na+]. The summed E-state index contributed by atoms with van der Waals surface area (Å²) in [7, 11) is 0. The Morgan fingerprint density at radius 2 is 1.25 bits per heavy atom. The van der Waals surface area contributed by atoms with E-state index in [4.69, 9.17) is 25.8 Å². The number of primary amides is 2. The van der Waals surface area contributed by atoms with Crippen molar-refractivity contribution >= 4 is 54.9 Å². The molecule has 9 nitrogen and oxygen atoms in total. The number of carbonyl (C=O) groups excluding carboxylic acids is 1. The molecule has 0 aliphatic carbocycles. The molecule has 2 amide bonds. The van der Waals surface area contributed by atoms with Gasteiger partial charge in [-0.15, -0.1) is 0 Å². The summed E-state index contributed by atoms with van der Waals surface area (Å²) >= 11 is 0. The molecule has 11 heteroatoms. The zero-order valence-electron chi connectivity index (χ0n) is 9.38. The molecule has 0 fully saturated rings. The average molecular weight is 323 g/mol. The number of hydrogen-bond acceptors (Lipinski definition) is 7. The van der Waals surface area contributed by atoms with Crippen LogP contribution in [0.4, 0.5) is 4.79 Å². The van der Waals surface area contributed by atoms with Crippen molar-refractivity contribution in [3.63, 3.8) is 0 Å². The first-order valence-electron chi connectivity index (χ1n) is 1.51. The summed E-state index contributed by atoms with van der Waals surface area (Å²) in [6, 6.07) is -0.833. The summed E-state index contributed by atoms with van der Waals surface area (Å²) in [4.78, 5) is 9.00. The van der Waals surface area contributed by atoms with E-state index in [2.05, 4.69) is 21.5 Å². The summed E-state index contributed by atoms with van der Waals surface area (Å²) in [5.74, 6) is 0. The molecular weight excluding hydrogens is 312 g/mol. The molecule has 70 valence electrons. The third-order valence-electron chi connectivity index (χ3n) is 0.0333. The maximum atomic E-state index is 9.00. The third kappa shape index (κ3) is 193. The van der Waals surface area contributed by atoms with E-state index in [1.807, 2.05) is 0 Å². The standard InChI is InChI=1S/CH4N2O.Ba.Na.H2O4.H2O2.3H/c2-1(3)4;;;1-3-4-2;1-2;;;/h(H4,2,3,4);;;1-2H;1-2H;;;/q;+2;+1;;;3*-1. The molecule has 0 aromatic heterocycles. The van der Waals surface area contributed by atoms with Crippen LogP contribution in [-0.4, -0.2) is 75.9 Å². The summed E-state index contributed by atoms with van der Waals surface area (Å²) in [6.45, 7) is 0. The fourth-order valence-electron chi connectivity index (χ4n) is 0. The first-order valence-corrected chi connectivity index (χ1v) is 1.51. The zero-order chi connectivity index (χ0) is 8.99. The Morgan fingerprint density at radius 1 is 1.17 bits per heavy atom. The van der Waals surface area contributed by atoms with Crippen LogP contribution in [0, 0.1) is 0 Å². The Morgan fingerprint density at radius 3 is 1.25 bits per heavy atom. The molecule has 0 heterocycles. The Labute approximate surface area is 134 Å². The van der Waals surface area contributed by atoms with E-state index in [0.717, 1.165) is 0 Å². The second-order valence-corrected chi connectivity index (χ2v) is 0.551. The van der Waals surface area contributed by atoms with E-state index in [0.29, 0.717) is 0 Å². The minimum atomic E-state index is -0.833. The fraction of sp³-hybridized carbons (Fsp3) is 0. The largest absolute Gasteiger partial charge is 2.00 e. The van der Waals surface area contributed by atoms with Crippen molar-refractivity contribution in [1.82, 2.24) is 0 Å². The van der Waals surface area contributed by atoms with E-state index in [1.54, 1.807) is 0 Å². The quantitative estimate of drug-likeness (QED) is 0.162. The first-order chi connectivity index (χ1) is 4.65. The average Bonchev–Trinajstić information content (AvgIpc) is 1.91. The van der Waals surface area contributed by atoms with Crippen molar-refractivity contribution in [3.8, 4) is 0 Å². The van der Waals surface area contributed by atoms with Crippen LogP contribution in [0.25, 0.3) is 0 Å². The van der Waals surface area contributed by atoms with Gasteiger partial charge in [0.25, 0.3) is 0 Å². The predicted octanol–water partition coefficient (Wildman–Crippen LogP) is -4.12. The minimum Gasteiger partial charge on any atom is -1.00 e. The van der Waals surface area contributed by atoms with Gasteiger partial charge in [-0.25, -0.2) is 15.3 Å². The topological polar surface area (TPSA) is 168 Å². The van der Waals surface area contributed by atoms with Gasteiger partial charge >= 0.3 is 84.5 Å². The zero-order valence-corrected chi connectivity index (χ0v) is 12.8. The number of hydrogen-bond donors (Lipinski definition) is 6. The van der Waals surface area contributed by atoms with Gasteiger partial charge in [0.05, 0.1) is 0 Å². The van der Waals surface area contributed by atoms with Crippen molar-refractivity contribution in [2.45, 2.75) is 0 Å². The van der Waals surface area contributed by atoms with Gasteiger partial charge in [0, 0.05) is 0 Å². The van der Waals surface area contributed by atoms with Crippen LogP contribution in [0.3, 0.4) is 0 Å². The summed E-state index contributed by atoms with van der Waals surface area (Å²) in [5, 5.41) is 31.0. The Balaban J connectivity index is -0.00000000726. The van der Waals surface area contributed by atoms with Crippen molar-refractivity contribution in [3.05, 3.63) is 0 Å². The van der Waals surface area contributed by atoms with Crippen LogP contribution in [-0.2, 0) is 10.1 Å². The van der Waals surface area contributed by atoms with Crippen LogP contribution in [0.2, 0.25) is 0 Å². The van der Waals surface area contributed by atoms with Gasteiger partial charge in [0.1, 0.15) is 0 Å². The number of urea groups is 1. The molecule has 0 unspecified atom stereocenters. The summed E-state index contributed by atoms with van der Waals surface area (Å²) < 4.78 is 0. The van der Waals surface area contributed by atoms with E-state index < -0.39 is 6.03 Å². The van der Waals surface area contributed by atoms with Gasteiger partial charge in [0.15, 0.2) is 0 Å². The normalized spacial score (nSPS) is 5.00. The number of rotatable bonds is 1. The monoisotopic (exact) mass is 324 g/mol. The summed E-state index contributed by atoms with van der Waals surface area (Å²) in [6.07, 6.45) is 0. The Kier molecular flexibility index (Phi) is 94.7. The van der Waals surface area contributed by atoms with E-state index in [9.17, 15) is 0 Å². The van der Waals surface area contributed by atoms with Crippen LogP contribution < -0.4 is 41.0 Å². The van der Waals surface area contributed by atoms with Gasteiger partial charge in [-0.1, -0.05) is 0 Å². The second-order valence-electron chi connectivity index (χ2n) is 0.551. The maximum Gasteiger partial charge on any atom is 2.00 e. The minimum absolute atomic E-state index is 0. The van der Waals surface area contributed by atoms with Crippen LogP contribution in [0.1, 0.15) is 4.28 Å². The van der Waals surface area contributed by atoms with Gasteiger partial charge in [-0.3, -0.25) is 10.5 Å². The van der Waals surface area contributed by atoms with Gasteiger partial charge < -0.3 is 15.7 Å². The number of nitrogens with two attached hydrogens (primary N) is 2. The molecule has 0 bridgehead atoms. The molecule has 0 atom stereocenters. The molecule has 0 aromatic rings. The van der Waals surface area contributed by atoms with Crippen molar-refractivity contribution < 1.29 is 69.7 Å². The predicted molar refractivity (Wildman–Crippen MR) is 35.5 cm³/mol. The molecule has 0 aliphatic rings. The number of amides is 2. The number of carbonyl (C=O) groups is 1. The van der Waals surface area contributed by atoms with Gasteiger partial charge in [-0.2, -0.15) is 0 Å². The van der Waals surface area contributed by atoms with Crippen molar-refractivity contribution in [1.29, 1.82) is 0 Å². The second kappa shape index (κ2) is 38.9. The molecule has 12 heavy (non-hydrogen) atoms. The van der Waals surface area contributed by atoms with E-state index in [-0.39, 0.29) is 82.7 Å². The van der Waals surface area contributed by atoms with Crippen molar-refractivity contribution in [2.24, 2.45) is 11.5 Å². The van der Waals surface area contributed by atoms with Crippen LogP contribution in [0.5, 0.6) is 0 Å². The molecule has 8 N–H and O–H groups in total. The fourth-order valence-corrected chi connectivity index (χ4v) is 0. The molecule has 0 saturated heterocycles. The third-order valence-corrected chi connectivity index (χ3v) is 0.0333. The molecule has 0 aromatic carbocycles. The maximum absolute atomic E-state index is 9.00. The molecule has 0 spiro atoms. The molecule has 0 rings (SSSR count). The smallest absolute Gasteiger partial charge is 1.00 e. The van der Waals surface area contributed by atoms with E-state index in [1.165, 1.54) is 0 Å². The van der Waals surface area contributed by atoms with Crippen molar-refractivity contribution in [2.75, 3.05) is 0 Å². The molecule has 0 aliphatic heterocycles. The van der Waals surface area contributed by atoms with Crippen LogP contribution in [0.15, 0.2) is 0 Å². The van der Waals surface area contributed by atoms with Crippen LogP contribution >= 0.6 is 0 Å². The van der Waals surface area contributed by atoms with Gasteiger partial charge in [0.2, 0.25) is 0 Å².